The maximum atomic E-state index is 11.5. The van der Waals surface area contributed by atoms with Gasteiger partial charge in [0, 0.05) is 12.3 Å². The molecule has 0 radical (unpaired) electrons. The number of rotatable bonds is 6. The Balaban J connectivity index is 4.28. The van der Waals surface area contributed by atoms with E-state index in [1.54, 1.807) is 26.0 Å². The average molecular weight is 194 g/mol. The maximum absolute atomic E-state index is 11.5. The van der Waals surface area contributed by atoms with Gasteiger partial charge in [-0.15, -0.1) is 0 Å². The molecule has 0 bridgehead atoms. The molecule has 0 saturated heterocycles. The van der Waals surface area contributed by atoms with Gasteiger partial charge in [-0.1, -0.05) is 19.1 Å². The highest BCUT2D eigenvalue weighted by molar-refractivity contribution is 5.97. The van der Waals surface area contributed by atoms with Crippen LogP contribution >= 0.6 is 0 Å². The van der Waals surface area contributed by atoms with Gasteiger partial charge >= 0.3 is 0 Å². The predicted molar refractivity (Wildman–Crippen MR) is 58.0 cm³/mol. The minimum atomic E-state index is -0.158. The molecule has 78 valence electrons. The summed E-state index contributed by atoms with van der Waals surface area (Å²) in [6.07, 6.45) is 7.51. The van der Waals surface area contributed by atoms with Gasteiger partial charge in [0.05, 0.1) is 0 Å². The van der Waals surface area contributed by atoms with Gasteiger partial charge < -0.3 is 0 Å². The SMILES string of the molecule is C/C=C/C(=O)C[C@@H](CC)C(=O)/C=C/C. The quantitative estimate of drug-likeness (QED) is 0.609. The second-order valence-electron chi connectivity index (χ2n) is 3.18. The molecular weight excluding hydrogens is 176 g/mol. The van der Waals surface area contributed by atoms with Crippen LogP contribution in [0.3, 0.4) is 0 Å². The van der Waals surface area contributed by atoms with Crippen LogP contribution in [0.25, 0.3) is 0 Å². The van der Waals surface area contributed by atoms with E-state index in [-0.39, 0.29) is 17.5 Å². The van der Waals surface area contributed by atoms with Crippen molar-refractivity contribution in [2.24, 2.45) is 5.92 Å². The van der Waals surface area contributed by atoms with Gasteiger partial charge in [0.2, 0.25) is 0 Å². The van der Waals surface area contributed by atoms with E-state index in [2.05, 4.69) is 0 Å². The fraction of sp³-hybridized carbons (Fsp3) is 0.500. The first-order valence-electron chi connectivity index (χ1n) is 4.97. The number of carbonyl (C=O) groups is 2. The van der Waals surface area contributed by atoms with E-state index in [4.69, 9.17) is 0 Å². The van der Waals surface area contributed by atoms with Crippen molar-refractivity contribution in [3.05, 3.63) is 24.3 Å². The Labute approximate surface area is 85.7 Å². The van der Waals surface area contributed by atoms with Crippen molar-refractivity contribution in [3.63, 3.8) is 0 Å². The van der Waals surface area contributed by atoms with Crippen LogP contribution in [0.4, 0.5) is 0 Å². The monoisotopic (exact) mass is 194 g/mol. The van der Waals surface area contributed by atoms with Gasteiger partial charge in [0.15, 0.2) is 11.6 Å². The van der Waals surface area contributed by atoms with Crippen molar-refractivity contribution in [1.29, 1.82) is 0 Å². The van der Waals surface area contributed by atoms with Crippen LogP contribution < -0.4 is 0 Å². The van der Waals surface area contributed by atoms with Crippen LogP contribution in [0.15, 0.2) is 24.3 Å². The summed E-state index contributed by atoms with van der Waals surface area (Å²) in [6, 6.07) is 0. The predicted octanol–water partition coefficient (Wildman–Crippen LogP) is 2.69. The Bertz CT molecular complexity index is 249. The molecule has 0 aliphatic rings. The normalized spacial score (nSPS) is 13.6. The van der Waals surface area contributed by atoms with Crippen molar-refractivity contribution >= 4 is 11.6 Å². The third-order valence-electron chi connectivity index (χ3n) is 2.03. The Morgan fingerprint density at radius 1 is 1.14 bits per heavy atom. The lowest BCUT2D eigenvalue weighted by molar-refractivity contribution is -0.123. The first-order valence-corrected chi connectivity index (χ1v) is 4.97. The largest absolute Gasteiger partial charge is 0.295 e. The van der Waals surface area contributed by atoms with Crippen molar-refractivity contribution in [1.82, 2.24) is 0 Å². The molecule has 0 unspecified atom stereocenters. The lowest BCUT2D eigenvalue weighted by atomic mass is 9.94. The second-order valence-corrected chi connectivity index (χ2v) is 3.18. The molecule has 2 heteroatoms. The van der Waals surface area contributed by atoms with Gasteiger partial charge in [0.1, 0.15) is 0 Å². The molecule has 0 N–H and O–H groups in total. The minimum absolute atomic E-state index is 0.0252. The van der Waals surface area contributed by atoms with E-state index in [1.165, 1.54) is 12.2 Å². The molecule has 1 atom stereocenters. The van der Waals surface area contributed by atoms with E-state index in [9.17, 15) is 9.59 Å². The summed E-state index contributed by atoms with van der Waals surface area (Å²) in [7, 11) is 0. The first kappa shape index (κ1) is 12.8. The summed E-state index contributed by atoms with van der Waals surface area (Å²) in [5.74, 6) is -0.0834. The molecule has 0 aromatic rings. The Kier molecular flexibility index (Phi) is 6.63. The van der Waals surface area contributed by atoms with Crippen LogP contribution in [0.2, 0.25) is 0 Å². The molecule has 0 rings (SSSR count). The molecule has 0 aromatic heterocycles. The summed E-state index contributed by atoms with van der Waals surface area (Å²) in [5.41, 5.74) is 0. The summed E-state index contributed by atoms with van der Waals surface area (Å²) in [6.45, 7) is 5.53. The fourth-order valence-corrected chi connectivity index (χ4v) is 1.24. The Morgan fingerprint density at radius 3 is 2.14 bits per heavy atom. The van der Waals surface area contributed by atoms with Gasteiger partial charge in [-0.3, -0.25) is 9.59 Å². The van der Waals surface area contributed by atoms with Gasteiger partial charge in [0.25, 0.3) is 0 Å². The number of ketones is 2. The summed E-state index contributed by atoms with van der Waals surface area (Å²) >= 11 is 0. The average Bonchev–Trinajstić information content (AvgIpc) is 2.15. The third-order valence-corrected chi connectivity index (χ3v) is 2.03. The van der Waals surface area contributed by atoms with Crippen molar-refractivity contribution in [3.8, 4) is 0 Å². The summed E-state index contributed by atoms with van der Waals surface area (Å²) in [4.78, 5) is 22.7. The molecule has 0 aliphatic carbocycles. The van der Waals surface area contributed by atoms with Crippen LogP contribution in [0.5, 0.6) is 0 Å². The Hall–Kier alpha value is -1.18. The summed E-state index contributed by atoms with van der Waals surface area (Å²) in [5, 5.41) is 0. The molecule has 0 spiro atoms. The zero-order valence-electron chi connectivity index (χ0n) is 9.12. The molecule has 2 nitrogen and oxygen atoms in total. The lowest BCUT2D eigenvalue weighted by Gasteiger charge is -2.08. The lowest BCUT2D eigenvalue weighted by Crippen LogP contribution is -2.14. The van der Waals surface area contributed by atoms with Crippen molar-refractivity contribution in [2.45, 2.75) is 33.6 Å². The van der Waals surface area contributed by atoms with E-state index in [1.807, 2.05) is 6.92 Å². The number of hydrogen-bond acceptors (Lipinski definition) is 2. The molecule has 0 aromatic carbocycles. The Morgan fingerprint density at radius 2 is 1.71 bits per heavy atom. The molecule has 14 heavy (non-hydrogen) atoms. The zero-order chi connectivity index (χ0) is 11.0. The highest BCUT2D eigenvalue weighted by Gasteiger charge is 2.15. The van der Waals surface area contributed by atoms with Crippen molar-refractivity contribution < 1.29 is 9.59 Å². The highest BCUT2D eigenvalue weighted by Crippen LogP contribution is 2.11. The summed E-state index contributed by atoms with van der Waals surface area (Å²) < 4.78 is 0. The van der Waals surface area contributed by atoms with Crippen LogP contribution in [-0.2, 0) is 9.59 Å². The number of hydrogen-bond donors (Lipinski definition) is 0. The molecule has 0 heterocycles. The van der Waals surface area contributed by atoms with Gasteiger partial charge in [-0.25, -0.2) is 0 Å². The molecule has 0 amide bonds. The van der Waals surface area contributed by atoms with Crippen LogP contribution in [0.1, 0.15) is 33.6 Å². The second kappa shape index (κ2) is 7.25. The molecule has 0 saturated carbocycles. The minimum Gasteiger partial charge on any atom is -0.295 e. The zero-order valence-corrected chi connectivity index (χ0v) is 9.12. The standard InChI is InChI=1S/C12H18O2/c1-4-7-11(13)9-10(6-3)12(14)8-5-2/h4-5,7-8,10H,6,9H2,1-3H3/b7-4+,8-5+/t10-/m1/s1. The molecule has 0 fully saturated rings. The van der Waals surface area contributed by atoms with Crippen LogP contribution in [0, 0.1) is 5.92 Å². The third kappa shape index (κ3) is 4.75. The van der Waals surface area contributed by atoms with Gasteiger partial charge in [-0.05, 0) is 32.4 Å². The molecule has 0 aliphatic heterocycles. The smallest absolute Gasteiger partial charge is 0.158 e. The first-order chi connectivity index (χ1) is 6.65. The van der Waals surface area contributed by atoms with E-state index in [0.29, 0.717) is 12.8 Å². The van der Waals surface area contributed by atoms with E-state index in [0.717, 1.165) is 0 Å². The van der Waals surface area contributed by atoms with Gasteiger partial charge in [-0.2, -0.15) is 0 Å². The van der Waals surface area contributed by atoms with E-state index >= 15 is 0 Å². The van der Waals surface area contributed by atoms with Crippen LogP contribution in [-0.4, -0.2) is 11.6 Å². The highest BCUT2D eigenvalue weighted by atomic mass is 16.1. The number of allylic oxidation sites excluding steroid dienone is 4. The maximum Gasteiger partial charge on any atom is 0.158 e. The van der Waals surface area contributed by atoms with E-state index < -0.39 is 0 Å². The topological polar surface area (TPSA) is 34.1 Å². The fourth-order valence-electron chi connectivity index (χ4n) is 1.24. The number of carbonyl (C=O) groups excluding carboxylic acids is 2. The van der Waals surface area contributed by atoms with Crippen molar-refractivity contribution in [2.75, 3.05) is 0 Å². The molecular formula is C12H18O2.